The first-order valence-electron chi connectivity index (χ1n) is 8.64. The summed E-state index contributed by atoms with van der Waals surface area (Å²) in [5.41, 5.74) is 0. The number of rotatable bonds is 6. The number of nitrogens with zero attached hydrogens (tertiary/aromatic N) is 2. The highest BCUT2D eigenvalue weighted by Gasteiger charge is 2.35. The van der Waals surface area contributed by atoms with Crippen molar-refractivity contribution >= 4 is 10.0 Å². The first kappa shape index (κ1) is 21.2. The van der Waals surface area contributed by atoms with Gasteiger partial charge in [0.1, 0.15) is 16.7 Å². The molecule has 0 saturated heterocycles. The molecule has 29 heavy (non-hydrogen) atoms. The Morgan fingerprint density at radius 2 is 1.66 bits per heavy atom. The summed E-state index contributed by atoms with van der Waals surface area (Å²) in [7, 11) is -4.23. The van der Waals surface area contributed by atoms with E-state index in [-0.39, 0.29) is 12.1 Å². The number of nitrogens with one attached hydrogen (secondary N) is 1. The number of hydrogen-bond acceptors (Lipinski definition) is 6. The third-order valence-electron chi connectivity index (χ3n) is 4.23. The Labute approximate surface area is 164 Å². The summed E-state index contributed by atoms with van der Waals surface area (Å²) in [6.07, 6.45) is -1.61. The fourth-order valence-electron chi connectivity index (χ4n) is 2.97. The van der Waals surface area contributed by atoms with E-state index in [1.165, 1.54) is 12.1 Å². The second-order valence-electron chi connectivity index (χ2n) is 6.39. The fourth-order valence-corrected chi connectivity index (χ4v) is 4.41. The number of ether oxygens (including phenoxy) is 2. The van der Waals surface area contributed by atoms with Gasteiger partial charge in [-0.1, -0.05) is 12.1 Å². The van der Waals surface area contributed by atoms with Crippen LogP contribution in [0.25, 0.3) is 0 Å². The van der Waals surface area contributed by atoms with Gasteiger partial charge in [-0.15, -0.1) is 13.2 Å². The van der Waals surface area contributed by atoms with Gasteiger partial charge in [-0.3, -0.25) is 0 Å². The van der Waals surface area contributed by atoms with Crippen molar-refractivity contribution in [3.63, 3.8) is 0 Å². The van der Waals surface area contributed by atoms with E-state index in [1.807, 2.05) is 0 Å². The quantitative estimate of drug-likeness (QED) is 0.701. The van der Waals surface area contributed by atoms with Crippen molar-refractivity contribution in [1.82, 2.24) is 14.7 Å². The van der Waals surface area contributed by atoms with E-state index in [0.29, 0.717) is 25.7 Å². The predicted molar refractivity (Wildman–Crippen MR) is 92.1 cm³/mol. The second kappa shape index (κ2) is 8.49. The molecule has 1 aliphatic rings. The van der Waals surface area contributed by atoms with E-state index in [2.05, 4.69) is 19.4 Å². The van der Waals surface area contributed by atoms with Crippen molar-refractivity contribution in [2.75, 3.05) is 0 Å². The highest BCUT2D eigenvalue weighted by Crippen LogP contribution is 2.30. The smallest absolute Gasteiger partial charge is 0.460 e. The topological polar surface area (TPSA) is 90.4 Å². The normalized spacial score (nSPS) is 20.3. The highest BCUT2D eigenvalue weighted by molar-refractivity contribution is 7.89. The maximum absolute atomic E-state index is 12.8. The third kappa shape index (κ3) is 6.00. The van der Waals surface area contributed by atoms with E-state index in [9.17, 15) is 26.0 Å². The van der Waals surface area contributed by atoms with Crippen LogP contribution in [-0.4, -0.2) is 36.9 Å². The lowest BCUT2D eigenvalue weighted by molar-refractivity contribution is -0.275. The average Bonchev–Trinajstić information content (AvgIpc) is 2.64. The average molecular weight is 435 g/mol. The zero-order valence-electron chi connectivity index (χ0n) is 14.9. The van der Waals surface area contributed by atoms with E-state index in [0.717, 1.165) is 24.5 Å². The summed E-state index contributed by atoms with van der Waals surface area (Å²) in [6, 6.07) is 4.09. The van der Waals surface area contributed by atoms with Crippen LogP contribution in [0.1, 0.15) is 25.7 Å². The van der Waals surface area contributed by atoms with E-state index in [1.54, 1.807) is 0 Å². The van der Waals surface area contributed by atoms with Crippen molar-refractivity contribution < 1.29 is 35.5 Å². The molecule has 0 amide bonds. The maximum atomic E-state index is 12.8. The number of halogens is 4. The third-order valence-corrected chi connectivity index (χ3v) is 5.79. The minimum atomic E-state index is -5.01. The zero-order chi connectivity index (χ0) is 21.1. The van der Waals surface area contributed by atoms with E-state index in [4.69, 9.17) is 4.74 Å². The van der Waals surface area contributed by atoms with Crippen molar-refractivity contribution in [2.45, 2.75) is 49.1 Å². The Bertz CT molecular complexity index is 930. The zero-order valence-corrected chi connectivity index (χ0v) is 15.7. The molecule has 1 aromatic heterocycles. The fraction of sp³-hybridized carbons (Fsp3) is 0.412. The molecule has 1 saturated carbocycles. The first-order valence-corrected chi connectivity index (χ1v) is 10.1. The Morgan fingerprint density at radius 3 is 2.28 bits per heavy atom. The Hall–Kier alpha value is -2.47. The van der Waals surface area contributed by atoms with Crippen LogP contribution in [0, 0.1) is 5.82 Å². The van der Waals surface area contributed by atoms with Gasteiger partial charge in [0.25, 0.3) is 0 Å². The van der Waals surface area contributed by atoms with Gasteiger partial charge in [0, 0.05) is 6.04 Å². The number of para-hydroxylation sites is 1. The Kier molecular flexibility index (Phi) is 6.22. The van der Waals surface area contributed by atoms with Gasteiger partial charge in [-0.25, -0.2) is 27.5 Å². The molecule has 0 bridgehead atoms. The van der Waals surface area contributed by atoms with Crippen LogP contribution in [0.2, 0.25) is 0 Å². The monoisotopic (exact) mass is 435 g/mol. The van der Waals surface area contributed by atoms with Crippen molar-refractivity contribution in [2.24, 2.45) is 0 Å². The molecule has 3 rings (SSSR count). The van der Waals surface area contributed by atoms with Gasteiger partial charge in [-0.05, 0) is 37.8 Å². The van der Waals surface area contributed by atoms with Crippen LogP contribution >= 0.6 is 0 Å². The lowest BCUT2D eigenvalue weighted by Crippen LogP contribution is -2.40. The molecular formula is C17H17F4N3O4S. The van der Waals surface area contributed by atoms with Gasteiger partial charge in [0.2, 0.25) is 10.0 Å². The first-order chi connectivity index (χ1) is 13.6. The van der Waals surface area contributed by atoms with Crippen molar-refractivity contribution in [3.05, 3.63) is 42.5 Å². The number of hydrogen-bond donors (Lipinski definition) is 1. The number of aromatic nitrogens is 2. The molecule has 1 aliphatic carbocycles. The maximum Gasteiger partial charge on any atom is 0.573 e. The highest BCUT2D eigenvalue weighted by atomic mass is 32.2. The summed E-state index contributed by atoms with van der Waals surface area (Å²) in [4.78, 5) is 6.82. The standard InChI is InChI=1S/C17H17F4N3O4S/c18-11-9-22-16(23-10-11)27-13-7-5-12(6-8-13)24-29(25,26)15-4-2-1-3-14(15)28-17(19,20)21/h1-4,9-10,12-13,24H,5-8H2. The SMILES string of the molecule is O=S(=O)(NC1CCC(Oc2ncc(F)cn2)CC1)c1ccccc1OC(F)(F)F. The van der Waals surface area contributed by atoms with E-state index >= 15 is 0 Å². The molecule has 12 heteroatoms. The Morgan fingerprint density at radius 1 is 1.03 bits per heavy atom. The summed E-state index contributed by atoms with van der Waals surface area (Å²) < 4.78 is 87.3. The summed E-state index contributed by atoms with van der Waals surface area (Å²) in [5.74, 6) is -1.39. The molecule has 1 aromatic carbocycles. The molecule has 1 heterocycles. The van der Waals surface area contributed by atoms with Gasteiger partial charge in [0.05, 0.1) is 12.4 Å². The van der Waals surface area contributed by atoms with Crippen molar-refractivity contribution in [3.8, 4) is 11.8 Å². The van der Waals surface area contributed by atoms with Crippen LogP contribution in [-0.2, 0) is 10.0 Å². The molecule has 0 spiro atoms. The summed E-state index contributed by atoms with van der Waals surface area (Å²) in [6.45, 7) is 0. The largest absolute Gasteiger partial charge is 0.573 e. The summed E-state index contributed by atoms with van der Waals surface area (Å²) >= 11 is 0. The van der Waals surface area contributed by atoms with Crippen LogP contribution < -0.4 is 14.2 Å². The Balaban J connectivity index is 1.60. The van der Waals surface area contributed by atoms with Crippen LogP contribution in [0.15, 0.2) is 41.6 Å². The van der Waals surface area contributed by atoms with Gasteiger partial charge < -0.3 is 9.47 Å². The second-order valence-corrected chi connectivity index (χ2v) is 8.07. The molecule has 0 radical (unpaired) electrons. The molecular weight excluding hydrogens is 418 g/mol. The van der Waals surface area contributed by atoms with Gasteiger partial charge in [-0.2, -0.15) is 0 Å². The molecule has 7 nitrogen and oxygen atoms in total. The number of alkyl halides is 3. The molecule has 158 valence electrons. The number of benzene rings is 1. The van der Waals surface area contributed by atoms with Gasteiger partial charge in [0.15, 0.2) is 5.82 Å². The number of sulfonamides is 1. The molecule has 0 aliphatic heterocycles. The lowest BCUT2D eigenvalue weighted by atomic mass is 9.94. The summed E-state index contributed by atoms with van der Waals surface area (Å²) in [5, 5.41) is 0. The molecule has 1 fully saturated rings. The lowest BCUT2D eigenvalue weighted by Gasteiger charge is -2.28. The van der Waals surface area contributed by atoms with Crippen LogP contribution in [0.5, 0.6) is 11.8 Å². The molecule has 0 unspecified atom stereocenters. The minimum absolute atomic E-state index is 0.0219. The van der Waals surface area contributed by atoms with Crippen molar-refractivity contribution in [1.29, 1.82) is 0 Å². The van der Waals surface area contributed by atoms with E-state index < -0.39 is 38.9 Å². The van der Waals surface area contributed by atoms with Gasteiger partial charge >= 0.3 is 12.4 Å². The van der Waals surface area contributed by atoms with Crippen LogP contribution in [0.3, 0.4) is 0 Å². The van der Waals surface area contributed by atoms with Crippen LogP contribution in [0.4, 0.5) is 17.6 Å². The minimum Gasteiger partial charge on any atom is -0.460 e. The molecule has 0 atom stereocenters. The predicted octanol–water partition coefficient (Wildman–Crippen LogP) is 3.18. The molecule has 1 N–H and O–H groups in total. The molecule has 2 aromatic rings.